The Bertz CT molecular complexity index is 703. The Kier molecular flexibility index (Phi) is 3.70. The number of fused-ring (bicyclic) bond motifs is 1. The molecule has 3 aromatic rings. The number of nitrogens with zero attached hydrogens (tertiary/aromatic N) is 1. The maximum absolute atomic E-state index is 4.73. The second-order valence-corrected chi connectivity index (χ2v) is 5.99. The van der Waals surface area contributed by atoms with Crippen LogP contribution in [0.2, 0.25) is 0 Å². The van der Waals surface area contributed by atoms with Gasteiger partial charge in [0, 0.05) is 0 Å². The fourth-order valence-electron chi connectivity index (χ4n) is 2.40. The lowest BCUT2D eigenvalue weighted by molar-refractivity contribution is 0.748. The largest absolute Gasteiger partial charge is 0.355 e. The van der Waals surface area contributed by atoms with Crippen molar-refractivity contribution >= 4 is 26.7 Å². The quantitative estimate of drug-likeness (QED) is 0.714. The van der Waals surface area contributed by atoms with E-state index >= 15 is 0 Å². The summed E-state index contributed by atoms with van der Waals surface area (Å²) in [5.41, 5.74) is 3.66. The van der Waals surface area contributed by atoms with Gasteiger partial charge in [0.05, 0.1) is 16.3 Å². The number of hydrogen-bond acceptors (Lipinski definition) is 3. The molecule has 0 aliphatic rings. The molecule has 1 heterocycles. The lowest BCUT2D eigenvalue weighted by Gasteiger charge is -2.16. The fourth-order valence-corrected chi connectivity index (χ4v) is 3.40. The van der Waals surface area contributed by atoms with E-state index in [0.717, 1.165) is 17.1 Å². The predicted molar refractivity (Wildman–Crippen MR) is 87.5 cm³/mol. The number of rotatable bonds is 4. The average molecular weight is 282 g/mol. The maximum atomic E-state index is 4.73. The van der Waals surface area contributed by atoms with Gasteiger partial charge >= 0.3 is 0 Å². The number of aryl methyl sites for hydroxylation is 1. The van der Waals surface area contributed by atoms with Gasteiger partial charge in [0.1, 0.15) is 0 Å². The van der Waals surface area contributed by atoms with Gasteiger partial charge in [-0.25, -0.2) is 4.98 Å². The van der Waals surface area contributed by atoms with Crippen molar-refractivity contribution in [1.82, 2.24) is 4.98 Å². The molecule has 0 amide bonds. The fraction of sp³-hybridized carbons (Fsp3) is 0.235. The molecule has 0 spiro atoms. The Morgan fingerprint density at radius 3 is 2.60 bits per heavy atom. The van der Waals surface area contributed by atoms with Gasteiger partial charge in [0.2, 0.25) is 0 Å². The highest BCUT2D eigenvalue weighted by Crippen LogP contribution is 2.31. The van der Waals surface area contributed by atoms with Gasteiger partial charge in [-0.1, -0.05) is 60.7 Å². The van der Waals surface area contributed by atoms with Crippen molar-refractivity contribution in [2.75, 3.05) is 5.32 Å². The van der Waals surface area contributed by atoms with Crippen LogP contribution < -0.4 is 5.32 Å². The molecule has 0 radical (unpaired) electrons. The first kappa shape index (κ1) is 13.1. The molecule has 2 aromatic carbocycles. The van der Waals surface area contributed by atoms with Crippen molar-refractivity contribution in [2.24, 2.45) is 0 Å². The van der Waals surface area contributed by atoms with Crippen LogP contribution >= 0.6 is 11.3 Å². The molecular formula is C17H18N2S. The highest BCUT2D eigenvalue weighted by atomic mass is 32.1. The topological polar surface area (TPSA) is 24.9 Å². The zero-order valence-corrected chi connectivity index (χ0v) is 12.6. The Hall–Kier alpha value is -1.87. The summed E-state index contributed by atoms with van der Waals surface area (Å²) < 4.78 is 1.25. The first-order valence-corrected chi connectivity index (χ1v) is 7.77. The minimum Gasteiger partial charge on any atom is -0.355 e. The third-order valence-electron chi connectivity index (χ3n) is 3.53. The Labute approximate surface area is 123 Å². The summed E-state index contributed by atoms with van der Waals surface area (Å²) in [5, 5.41) is 4.57. The minimum atomic E-state index is 0.317. The van der Waals surface area contributed by atoms with Crippen LogP contribution in [-0.2, 0) is 0 Å². The number of hydrogen-bond donors (Lipinski definition) is 1. The van der Waals surface area contributed by atoms with Crippen molar-refractivity contribution < 1.29 is 0 Å². The standard InChI is InChI=1S/C17H18N2S/c1-3-14(13-9-5-4-6-10-13)18-17-19-16-12(2)8-7-11-15(16)20-17/h4-11,14H,3H2,1-2H3,(H,18,19). The first-order valence-electron chi connectivity index (χ1n) is 6.95. The van der Waals surface area contributed by atoms with Gasteiger partial charge in [0.25, 0.3) is 0 Å². The van der Waals surface area contributed by atoms with Crippen LogP contribution in [0.3, 0.4) is 0 Å². The van der Waals surface area contributed by atoms with Crippen LogP contribution in [-0.4, -0.2) is 4.98 Å². The lowest BCUT2D eigenvalue weighted by Crippen LogP contribution is -2.09. The van der Waals surface area contributed by atoms with E-state index in [2.05, 4.69) is 67.7 Å². The summed E-state index contributed by atoms with van der Waals surface area (Å²) in [6, 6.07) is 17.2. The van der Waals surface area contributed by atoms with Crippen molar-refractivity contribution in [2.45, 2.75) is 26.3 Å². The SMILES string of the molecule is CCC(Nc1nc2c(C)cccc2s1)c1ccccc1. The zero-order valence-electron chi connectivity index (χ0n) is 11.8. The second kappa shape index (κ2) is 5.63. The second-order valence-electron chi connectivity index (χ2n) is 4.96. The average Bonchev–Trinajstić information content (AvgIpc) is 2.90. The monoisotopic (exact) mass is 282 g/mol. The van der Waals surface area contributed by atoms with Crippen molar-refractivity contribution in [3.63, 3.8) is 0 Å². The summed E-state index contributed by atoms with van der Waals surface area (Å²) in [4.78, 5) is 4.73. The summed E-state index contributed by atoms with van der Waals surface area (Å²) in [6.45, 7) is 4.31. The van der Waals surface area contributed by atoms with Crippen LogP contribution in [0, 0.1) is 6.92 Å². The van der Waals surface area contributed by atoms with Crippen molar-refractivity contribution in [1.29, 1.82) is 0 Å². The Morgan fingerprint density at radius 2 is 1.90 bits per heavy atom. The van der Waals surface area contributed by atoms with Gasteiger partial charge in [-0.05, 0) is 30.5 Å². The van der Waals surface area contributed by atoms with Crippen LogP contribution in [0.5, 0.6) is 0 Å². The van der Waals surface area contributed by atoms with Gasteiger partial charge < -0.3 is 5.32 Å². The lowest BCUT2D eigenvalue weighted by atomic mass is 10.1. The maximum Gasteiger partial charge on any atom is 0.184 e. The number of para-hydroxylation sites is 1. The summed E-state index contributed by atoms with van der Waals surface area (Å²) in [6.07, 6.45) is 1.04. The van der Waals surface area contributed by atoms with Crippen LogP contribution in [0.15, 0.2) is 48.5 Å². The number of nitrogens with one attached hydrogen (secondary N) is 1. The molecule has 2 nitrogen and oxygen atoms in total. The molecule has 3 heteroatoms. The van der Waals surface area contributed by atoms with Crippen LogP contribution in [0.1, 0.15) is 30.5 Å². The normalized spacial score (nSPS) is 12.5. The van der Waals surface area contributed by atoms with Gasteiger partial charge in [-0.2, -0.15) is 0 Å². The molecule has 0 bridgehead atoms. The number of benzene rings is 2. The highest BCUT2D eigenvalue weighted by molar-refractivity contribution is 7.22. The first-order chi connectivity index (χ1) is 9.78. The number of aromatic nitrogens is 1. The predicted octanol–water partition coefficient (Wildman–Crippen LogP) is 5.17. The van der Waals surface area contributed by atoms with Crippen LogP contribution in [0.25, 0.3) is 10.2 Å². The molecule has 0 saturated heterocycles. The molecule has 20 heavy (non-hydrogen) atoms. The number of anilines is 1. The molecule has 1 N–H and O–H groups in total. The molecule has 102 valence electrons. The van der Waals surface area contributed by atoms with E-state index in [-0.39, 0.29) is 0 Å². The molecule has 3 rings (SSSR count). The van der Waals surface area contributed by atoms with E-state index in [4.69, 9.17) is 4.98 Å². The summed E-state index contributed by atoms with van der Waals surface area (Å²) in [5.74, 6) is 0. The Balaban J connectivity index is 1.90. The zero-order chi connectivity index (χ0) is 13.9. The molecule has 0 fully saturated rings. The molecule has 0 saturated carbocycles. The van der Waals surface area contributed by atoms with E-state index in [0.29, 0.717) is 6.04 Å². The minimum absolute atomic E-state index is 0.317. The third kappa shape index (κ3) is 2.54. The van der Waals surface area contributed by atoms with E-state index in [1.54, 1.807) is 11.3 Å². The summed E-state index contributed by atoms with van der Waals surface area (Å²) in [7, 11) is 0. The van der Waals surface area contributed by atoms with Gasteiger partial charge in [-0.3, -0.25) is 0 Å². The van der Waals surface area contributed by atoms with Crippen molar-refractivity contribution in [3.05, 3.63) is 59.7 Å². The van der Waals surface area contributed by atoms with E-state index in [9.17, 15) is 0 Å². The van der Waals surface area contributed by atoms with Gasteiger partial charge in [0.15, 0.2) is 5.13 Å². The van der Waals surface area contributed by atoms with E-state index in [1.165, 1.54) is 15.8 Å². The molecular weight excluding hydrogens is 264 g/mol. The molecule has 0 aliphatic heterocycles. The highest BCUT2D eigenvalue weighted by Gasteiger charge is 2.12. The molecule has 1 aromatic heterocycles. The molecule has 0 aliphatic carbocycles. The van der Waals surface area contributed by atoms with Crippen molar-refractivity contribution in [3.8, 4) is 0 Å². The van der Waals surface area contributed by atoms with E-state index < -0.39 is 0 Å². The third-order valence-corrected chi connectivity index (χ3v) is 4.48. The number of thiazole rings is 1. The Morgan fingerprint density at radius 1 is 1.10 bits per heavy atom. The smallest absolute Gasteiger partial charge is 0.184 e. The summed E-state index contributed by atoms with van der Waals surface area (Å²) >= 11 is 1.73. The van der Waals surface area contributed by atoms with Gasteiger partial charge in [-0.15, -0.1) is 0 Å². The van der Waals surface area contributed by atoms with E-state index in [1.807, 2.05) is 0 Å². The van der Waals surface area contributed by atoms with Crippen LogP contribution in [0.4, 0.5) is 5.13 Å². The molecule has 1 unspecified atom stereocenters. The molecule has 1 atom stereocenters.